The highest BCUT2D eigenvalue weighted by atomic mass is 35.5. The van der Waals surface area contributed by atoms with Gasteiger partial charge in [0.15, 0.2) is 6.29 Å². The average molecular weight is 624 g/mol. The molecule has 10 nitrogen and oxygen atoms in total. The zero-order valence-corrected chi connectivity index (χ0v) is 24.7. The Labute approximate surface area is 253 Å². The first kappa shape index (κ1) is 32.6. The summed E-state index contributed by atoms with van der Waals surface area (Å²) >= 11 is 8.24. The summed E-state index contributed by atoms with van der Waals surface area (Å²) in [6.07, 6.45) is 3.12. The predicted octanol–water partition coefficient (Wildman–Crippen LogP) is 3.03. The molecule has 0 saturated carbocycles. The van der Waals surface area contributed by atoms with Gasteiger partial charge >= 0.3 is 5.97 Å². The van der Waals surface area contributed by atoms with Crippen LogP contribution < -0.4 is 0 Å². The Morgan fingerprint density at radius 2 is 1.98 bits per heavy atom. The Balaban J connectivity index is 1.47. The number of carbonyl (C=O) groups excluding carboxylic acids is 1. The number of thiophene rings is 1. The molecule has 5 N–H and O–H groups in total. The van der Waals surface area contributed by atoms with E-state index in [1.165, 1.54) is 0 Å². The molecule has 12 heteroatoms. The summed E-state index contributed by atoms with van der Waals surface area (Å²) in [5, 5.41) is 51.0. The second-order valence-corrected chi connectivity index (χ2v) is 12.1. The van der Waals surface area contributed by atoms with Gasteiger partial charge in [0.1, 0.15) is 24.4 Å². The van der Waals surface area contributed by atoms with E-state index in [9.17, 15) is 30.0 Å². The van der Waals surface area contributed by atoms with Crippen LogP contribution in [0.4, 0.5) is 0 Å². The maximum absolute atomic E-state index is 12.6. The Hall–Kier alpha value is -2.35. The number of fused-ring (bicyclic) bond motifs is 1. The van der Waals surface area contributed by atoms with Crippen LogP contribution >= 0.6 is 22.9 Å². The van der Waals surface area contributed by atoms with E-state index in [0.29, 0.717) is 50.1 Å². The Morgan fingerprint density at radius 3 is 2.71 bits per heavy atom. The zero-order valence-electron chi connectivity index (χ0n) is 23.1. The topological polar surface area (TPSA) is 157 Å². The third-order valence-corrected chi connectivity index (χ3v) is 9.34. The molecule has 1 amide bonds. The SMILES string of the molecule is O=C(O)CCC/C=C\CN1C(=O)CC[C@@H]1/C=C/C(CCc1sc2ccccc2c1Cl)OC1O[C@H](CO)[C@@H](O)[C@H](O)[C@H]1O. The number of benzene rings is 1. The molecule has 2 aliphatic heterocycles. The van der Waals surface area contributed by atoms with E-state index < -0.39 is 49.4 Å². The normalized spacial score (nSPS) is 27.5. The van der Waals surface area contributed by atoms with Crippen molar-refractivity contribution in [2.24, 2.45) is 0 Å². The molecule has 2 aliphatic rings. The predicted molar refractivity (Wildman–Crippen MR) is 158 cm³/mol. The highest BCUT2D eigenvalue weighted by Gasteiger charge is 2.44. The summed E-state index contributed by atoms with van der Waals surface area (Å²) in [4.78, 5) is 26.0. The largest absolute Gasteiger partial charge is 0.481 e. The number of carboxylic acids is 1. The molecule has 3 heterocycles. The van der Waals surface area contributed by atoms with Crippen LogP contribution in [-0.4, -0.2) is 98.3 Å². The monoisotopic (exact) mass is 623 g/mol. The molecule has 2 saturated heterocycles. The number of aryl methyl sites for hydroxylation is 1. The van der Waals surface area contributed by atoms with Crippen LogP contribution in [-0.2, 0) is 25.5 Å². The minimum Gasteiger partial charge on any atom is -0.481 e. The maximum atomic E-state index is 12.6. The molecule has 0 bridgehead atoms. The number of aliphatic hydroxyl groups excluding tert-OH is 4. The zero-order chi connectivity index (χ0) is 30.2. The van der Waals surface area contributed by atoms with Crippen LogP contribution in [0.2, 0.25) is 5.02 Å². The first-order valence-corrected chi connectivity index (χ1v) is 15.4. The van der Waals surface area contributed by atoms with E-state index in [0.717, 1.165) is 15.0 Å². The first-order chi connectivity index (χ1) is 20.2. The third kappa shape index (κ3) is 8.18. The van der Waals surface area contributed by atoms with Gasteiger partial charge in [-0.3, -0.25) is 9.59 Å². The number of rotatable bonds is 14. The Morgan fingerprint density at radius 1 is 1.19 bits per heavy atom. The maximum Gasteiger partial charge on any atom is 0.303 e. The molecule has 7 atom stereocenters. The minimum absolute atomic E-state index is 0.0169. The number of likely N-dealkylation sites (tertiary alicyclic amines) is 1. The van der Waals surface area contributed by atoms with Crippen LogP contribution in [0.5, 0.6) is 0 Å². The van der Waals surface area contributed by atoms with Crippen molar-refractivity contribution in [1.82, 2.24) is 4.90 Å². The number of ether oxygens (including phenoxy) is 2. The van der Waals surface area contributed by atoms with Crippen molar-refractivity contribution in [3.63, 3.8) is 0 Å². The van der Waals surface area contributed by atoms with Crippen LogP contribution in [0.25, 0.3) is 10.1 Å². The smallest absolute Gasteiger partial charge is 0.303 e. The van der Waals surface area contributed by atoms with Crippen molar-refractivity contribution in [2.45, 2.75) is 87.8 Å². The fourth-order valence-corrected chi connectivity index (χ4v) is 6.73. The second kappa shape index (κ2) is 15.4. The van der Waals surface area contributed by atoms with Gasteiger partial charge < -0.3 is 39.9 Å². The summed E-state index contributed by atoms with van der Waals surface area (Å²) in [7, 11) is 0. The van der Waals surface area contributed by atoms with Crippen molar-refractivity contribution in [3.8, 4) is 0 Å². The Bertz CT molecular complexity index is 1260. The number of carboxylic acid groups (broad SMARTS) is 1. The lowest BCUT2D eigenvalue weighted by Crippen LogP contribution is -2.59. The van der Waals surface area contributed by atoms with Crippen LogP contribution in [0.3, 0.4) is 0 Å². The summed E-state index contributed by atoms with van der Waals surface area (Å²) in [6.45, 7) is -0.164. The number of amides is 1. The summed E-state index contributed by atoms with van der Waals surface area (Å²) in [5.41, 5.74) is 0. The van der Waals surface area contributed by atoms with Crippen molar-refractivity contribution >= 4 is 44.9 Å². The number of halogens is 1. The lowest BCUT2D eigenvalue weighted by Gasteiger charge is -2.40. The molecule has 1 aromatic heterocycles. The minimum atomic E-state index is -1.56. The van der Waals surface area contributed by atoms with Gasteiger partial charge in [-0.2, -0.15) is 0 Å². The van der Waals surface area contributed by atoms with Gasteiger partial charge in [-0.25, -0.2) is 0 Å². The summed E-state index contributed by atoms with van der Waals surface area (Å²) < 4.78 is 12.8. The van der Waals surface area contributed by atoms with Crippen molar-refractivity contribution in [2.75, 3.05) is 13.2 Å². The van der Waals surface area contributed by atoms with Gasteiger partial charge in [-0.1, -0.05) is 54.1 Å². The van der Waals surface area contributed by atoms with Crippen molar-refractivity contribution in [3.05, 3.63) is 58.5 Å². The molecule has 2 unspecified atom stereocenters. The number of nitrogens with zero attached hydrogens (tertiary/aromatic N) is 1. The van der Waals surface area contributed by atoms with E-state index >= 15 is 0 Å². The van der Waals surface area contributed by atoms with Gasteiger partial charge in [0.25, 0.3) is 0 Å². The first-order valence-electron chi connectivity index (χ1n) is 14.2. The molecule has 0 spiro atoms. The van der Waals surface area contributed by atoms with Gasteiger partial charge in [0.2, 0.25) is 5.91 Å². The molecule has 0 radical (unpaired) electrons. The van der Waals surface area contributed by atoms with E-state index in [1.54, 1.807) is 16.2 Å². The molecule has 0 aliphatic carbocycles. The molecule has 2 fully saturated rings. The second-order valence-electron chi connectivity index (χ2n) is 10.5. The lowest BCUT2D eigenvalue weighted by atomic mass is 9.99. The summed E-state index contributed by atoms with van der Waals surface area (Å²) in [5.74, 6) is -0.818. The van der Waals surface area contributed by atoms with Gasteiger partial charge in [-0.05, 0) is 38.2 Å². The number of unbranched alkanes of at least 4 members (excludes halogenated alkanes) is 1. The number of hydrogen-bond acceptors (Lipinski definition) is 9. The lowest BCUT2D eigenvalue weighted by molar-refractivity contribution is -0.307. The number of carbonyl (C=O) groups is 2. The summed E-state index contributed by atoms with van der Waals surface area (Å²) in [6, 6.07) is 7.66. The molecular formula is C30H38ClNO9S. The van der Waals surface area contributed by atoms with Crippen LogP contribution in [0.15, 0.2) is 48.6 Å². The van der Waals surface area contributed by atoms with Crippen LogP contribution in [0, 0.1) is 0 Å². The van der Waals surface area contributed by atoms with Crippen molar-refractivity contribution < 1.29 is 44.6 Å². The molecule has 4 rings (SSSR count). The molecule has 2 aromatic rings. The van der Waals surface area contributed by atoms with Gasteiger partial charge in [-0.15, -0.1) is 11.3 Å². The fourth-order valence-electron chi connectivity index (χ4n) is 5.18. The van der Waals surface area contributed by atoms with Crippen molar-refractivity contribution in [1.29, 1.82) is 0 Å². The molecule has 230 valence electrons. The number of aliphatic carboxylic acids is 1. The van der Waals surface area contributed by atoms with E-state index in [1.807, 2.05) is 48.6 Å². The number of allylic oxidation sites excluding steroid dienone is 1. The van der Waals surface area contributed by atoms with E-state index in [-0.39, 0.29) is 18.4 Å². The van der Waals surface area contributed by atoms with Gasteiger partial charge in [0.05, 0.1) is 23.8 Å². The standard InChI is InChI=1S/C30H38ClNO9S/c31-26-20-7-4-5-8-22(20)42-23(26)14-13-19(40-30-29(39)28(38)27(37)21(17-33)41-30)12-10-18-11-15-24(34)32(18)16-6-2-1-3-9-25(35)36/h2,4-8,10,12,18-19,21,27-30,33,37-39H,1,3,9,11,13-17H2,(H,35,36)/b6-2-,12-10+/t18-,19?,21+,27+,28-,29+,30?/m0/s1. The molecule has 42 heavy (non-hydrogen) atoms. The number of hydrogen-bond donors (Lipinski definition) is 5. The highest BCUT2D eigenvalue weighted by molar-refractivity contribution is 7.19. The molecule has 1 aromatic carbocycles. The average Bonchev–Trinajstić information content (AvgIpc) is 3.50. The van der Waals surface area contributed by atoms with Gasteiger partial charge in [0, 0.05) is 34.3 Å². The Kier molecular flexibility index (Phi) is 11.9. The third-order valence-electron chi connectivity index (χ3n) is 7.57. The highest BCUT2D eigenvalue weighted by Crippen LogP contribution is 2.36. The fraction of sp³-hybridized carbons (Fsp3) is 0.533. The quantitative estimate of drug-likeness (QED) is 0.158. The van der Waals surface area contributed by atoms with E-state index in [2.05, 4.69) is 0 Å². The van der Waals surface area contributed by atoms with E-state index in [4.69, 9.17) is 26.2 Å². The van der Waals surface area contributed by atoms with Crippen LogP contribution in [0.1, 0.15) is 43.4 Å². The number of aliphatic hydroxyl groups is 4. The molecular weight excluding hydrogens is 586 g/mol.